The molecule has 0 aliphatic carbocycles. The van der Waals surface area contributed by atoms with Gasteiger partial charge in [-0.3, -0.25) is 4.79 Å². The van der Waals surface area contributed by atoms with E-state index in [9.17, 15) is 9.59 Å². The minimum atomic E-state index is -0.429. The van der Waals surface area contributed by atoms with Crippen LogP contribution in [0.2, 0.25) is 5.02 Å². The van der Waals surface area contributed by atoms with Crippen LogP contribution in [0.1, 0.15) is 15.9 Å². The van der Waals surface area contributed by atoms with Gasteiger partial charge in [0.25, 0.3) is 6.01 Å². The number of rotatable bonds is 5. The fourth-order valence-corrected chi connectivity index (χ4v) is 4.26. The first-order chi connectivity index (χ1) is 17.3. The number of pyridine rings is 1. The van der Waals surface area contributed by atoms with E-state index in [1.54, 1.807) is 35.9 Å². The number of carbonyl (C=O) groups is 1. The highest BCUT2D eigenvalue weighted by Gasteiger charge is 2.14. The molecule has 5 rings (SSSR count). The molecule has 0 saturated carbocycles. The van der Waals surface area contributed by atoms with Crippen molar-refractivity contribution in [2.45, 2.75) is 6.92 Å². The number of benzene rings is 3. The Kier molecular flexibility index (Phi) is 6.08. The zero-order valence-corrected chi connectivity index (χ0v) is 20.6. The molecule has 2 aromatic heterocycles. The molecule has 0 saturated heterocycles. The van der Waals surface area contributed by atoms with Gasteiger partial charge in [-0.15, -0.1) is 0 Å². The molecule has 0 aliphatic heterocycles. The van der Waals surface area contributed by atoms with Crippen molar-refractivity contribution < 1.29 is 14.3 Å². The number of nitrogens with one attached hydrogen (secondary N) is 1. The number of nitrogens with zero attached hydrogens (tertiary/aromatic N) is 2. The zero-order valence-electron chi connectivity index (χ0n) is 19.8. The number of imidazole rings is 1. The van der Waals surface area contributed by atoms with Gasteiger partial charge in [-0.1, -0.05) is 41.9 Å². The third-order valence-electron chi connectivity index (χ3n) is 5.99. The van der Waals surface area contributed by atoms with E-state index in [4.69, 9.17) is 21.1 Å². The molecular formula is C28H22ClN3O4. The largest absolute Gasteiger partial charge is 0.465 e. The molecule has 0 unspecified atom stereocenters. The van der Waals surface area contributed by atoms with E-state index in [0.717, 1.165) is 33.3 Å². The first-order valence-corrected chi connectivity index (χ1v) is 11.5. The van der Waals surface area contributed by atoms with E-state index in [2.05, 4.69) is 9.97 Å². The molecule has 8 heteroatoms. The molecule has 36 heavy (non-hydrogen) atoms. The second kappa shape index (κ2) is 9.36. The summed E-state index contributed by atoms with van der Waals surface area (Å²) in [6.45, 7) is 1.83. The molecule has 3 aromatic carbocycles. The van der Waals surface area contributed by atoms with Crippen molar-refractivity contribution in [3.05, 3.63) is 99.4 Å². The Labute approximate surface area is 211 Å². The van der Waals surface area contributed by atoms with E-state index in [1.807, 2.05) is 55.6 Å². The minimum Gasteiger partial charge on any atom is -0.465 e. The monoisotopic (exact) mass is 499 g/mol. The molecule has 0 amide bonds. The zero-order chi connectivity index (χ0) is 25.4. The van der Waals surface area contributed by atoms with E-state index in [-0.39, 0.29) is 11.6 Å². The quantitative estimate of drug-likeness (QED) is 0.294. The van der Waals surface area contributed by atoms with Gasteiger partial charge < -0.3 is 19.0 Å². The molecule has 0 fully saturated rings. The van der Waals surface area contributed by atoms with Crippen LogP contribution < -0.4 is 10.3 Å². The highest BCUT2D eigenvalue weighted by atomic mass is 35.5. The summed E-state index contributed by atoms with van der Waals surface area (Å²) in [5, 5.41) is 0.566. The molecule has 7 nitrogen and oxygen atoms in total. The summed E-state index contributed by atoms with van der Waals surface area (Å²) in [6, 6.07) is 20.5. The molecule has 1 N–H and O–H groups in total. The van der Waals surface area contributed by atoms with Gasteiger partial charge >= 0.3 is 5.97 Å². The molecule has 0 spiro atoms. The normalized spacial score (nSPS) is 11.0. The summed E-state index contributed by atoms with van der Waals surface area (Å²) >= 11 is 6.61. The number of hydrogen-bond donors (Lipinski definition) is 1. The van der Waals surface area contributed by atoms with Crippen molar-refractivity contribution in [1.82, 2.24) is 14.5 Å². The SMILES string of the molecule is COC(=O)c1cc(Oc2nc3cc(-c4ccc(-c5ccc(=O)n(C)c5)cc4)c(Cl)cc3[nH]2)ccc1C. The van der Waals surface area contributed by atoms with Gasteiger partial charge in [0, 0.05) is 24.9 Å². The van der Waals surface area contributed by atoms with Gasteiger partial charge in [0.05, 0.1) is 28.7 Å². The predicted molar refractivity (Wildman–Crippen MR) is 140 cm³/mol. The van der Waals surface area contributed by atoms with Crippen molar-refractivity contribution >= 4 is 28.6 Å². The molecule has 0 aliphatic rings. The van der Waals surface area contributed by atoms with Gasteiger partial charge in [-0.25, -0.2) is 4.79 Å². The lowest BCUT2D eigenvalue weighted by atomic mass is 10.0. The van der Waals surface area contributed by atoms with Gasteiger partial charge in [-0.2, -0.15) is 4.98 Å². The Bertz CT molecular complexity index is 1670. The highest BCUT2D eigenvalue weighted by molar-refractivity contribution is 6.34. The van der Waals surface area contributed by atoms with Crippen molar-refractivity contribution in [2.24, 2.45) is 7.05 Å². The summed E-state index contributed by atoms with van der Waals surface area (Å²) < 4.78 is 12.3. The lowest BCUT2D eigenvalue weighted by Crippen LogP contribution is -2.13. The van der Waals surface area contributed by atoms with Crippen molar-refractivity contribution in [3.8, 4) is 34.0 Å². The molecule has 0 atom stereocenters. The number of halogens is 1. The molecule has 180 valence electrons. The smallest absolute Gasteiger partial charge is 0.338 e. The van der Waals surface area contributed by atoms with Gasteiger partial charge in [0.15, 0.2) is 0 Å². The van der Waals surface area contributed by atoms with Gasteiger partial charge in [0.1, 0.15) is 5.75 Å². The number of methoxy groups -OCH3 is 1. The van der Waals surface area contributed by atoms with Gasteiger partial charge in [-0.05, 0) is 59.5 Å². The number of fused-ring (bicyclic) bond motifs is 1. The van der Waals surface area contributed by atoms with Crippen LogP contribution in [0.3, 0.4) is 0 Å². The first-order valence-electron chi connectivity index (χ1n) is 11.2. The fraction of sp³-hybridized carbons (Fsp3) is 0.107. The Morgan fingerprint density at radius 3 is 2.42 bits per heavy atom. The van der Waals surface area contributed by atoms with Crippen LogP contribution >= 0.6 is 11.6 Å². The van der Waals surface area contributed by atoms with Crippen LogP contribution in [0.25, 0.3) is 33.3 Å². The van der Waals surface area contributed by atoms with Crippen LogP contribution in [-0.4, -0.2) is 27.6 Å². The lowest BCUT2D eigenvalue weighted by Gasteiger charge is -2.08. The summed E-state index contributed by atoms with van der Waals surface area (Å²) in [5.41, 5.74) is 6.28. The molecule has 0 bridgehead atoms. The maximum Gasteiger partial charge on any atom is 0.338 e. The summed E-state index contributed by atoms with van der Waals surface area (Å²) in [5.74, 6) is 0.0293. The second-order valence-electron chi connectivity index (χ2n) is 8.41. The van der Waals surface area contributed by atoms with Crippen LogP contribution in [-0.2, 0) is 11.8 Å². The van der Waals surface area contributed by atoms with Crippen LogP contribution in [0.15, 0.2) is 77.7 Å². The highest BCUT2D eigenvalue weighted by Crippen LogP contribution is 2.34. The van der Waals surface area contributed by atoms with Crippen molar-refractivity contribution in [3.63, 3.8) is 0 Å². The topological polar surface area (TPSA) is 86.2 Å². The van der Waals surface area contributed by atoms with Gasteiger partial charge in [0.2, 0.25) is 5.56 Å². The lowest BCUT2D eigenvalue weighted by molar-refractivity contribution is 0.0599. The number of aromatic amines is 1. The Morgan fingerprint density at radius 1 is 0.972 bits per heavy atom. The third kappa shape index (κ3) is 4.48. The average molecular weight is 500 g/mol. The van der Waals surface area contributed by atoms with Crippen molar-refractivity contribution in [1.29, 1.82) is 0 Å². The molecule has 0 radical (unpaired) electrons. The number of esters is 1. The maximum atomic E-state index is 12.0. The fourth-order valence-electron chi connectivity index (χ4n) is 3.99. The summed E-state index contributed by atoms with van der Waals surface area (Å²) in [7, 11) is 3.07. The predicted octanol–water partition coefficient (Wildman–Crippen LogP) is 6.14. The molecule has 2 heterocycles. The summed E-state index contributed by atoms with van der Waals surface area (Å²) in [6.07, 6.45) is 1.81. The third-order valence-corrected chi connectivity index (χ3v) is 6.31. The number of hydrogen-bond acceptors (Lipinski definition) is 5. The Balaban J connectivity index is 1.43. The number of H-pyrrole nitrogens is 1. The first kappa shape index (κ1) is 23.4. The Morgan fingerprint density at radius 2 is 1.69 bits per heavy atom. The van der Waals surface area contributed by atoms with Crippen molar-refractivity contribution in [2.75, 3.05) is 7.11 Å². The van der Waals surface area contributed by atoms with Crippen LogP contribution in [0, 0.1) is 6.92 Å². The number of aryl methyl sites for hydroxylation is 2. The van der Waals surface area contributed by atoms with E-state index >= 15 is 0 Å². The summed E-state index contributed by atoms with van der Waals surface area (Å²) in [4.78, 5) is 31.3. The number of carbonyl (C=O) groups excluding carboxylic acids is 1. The van der Waals surface area contributed by atoms with Crippen LogP contribution in [0.4, 0.5) is 0 Å². The standard InChI is InChI=1S/C28H22ClN3O4/c1-16-4-10-20(12-21(16)27(34)35-3)36-28-30-24-13-22(23(29)14-25(24)31-28)18-7-5-17(6-8-18)19-9-11-26(33)32(2)15-19/h4-15H,1-3H3,(H,30,31). The Hall–Kier alpha value is -4.36. The molecule has 5 aromatic rings. The second-order valence-corrected chi connectivity index (χ2v) is 8.81. The van der Waals surface area contributed by atoms with E-state index in [0.29, 0.717) is 21.9 Å². The minimum absolute atomic E-state index is 0.0518. The van der Waals surface area contributed by atoms with Crippen LogP contribution in [0.5, 0.6) is 11.8 Å². The maximum absolute atomic E-state index is 12.0. The average Bonchev–Trinajstić information content (AvgIpc) is 3.27. The molecular weight excluding hydrogens is 478 g/mol. The van der Waals surface area contributed by atoms with E-state index in [1.165, 1.54) is 7.11 Å². The van der Waals surface area contributed by atoms with E-state index < -0.39 is 5.97 Å². The number of ether oxygens (including phenoxy) is 2. The number of aromatic nitrogens is 3.